The third kappa shape index (κ3) is 2.30. The van der Waals surface area contributed by atoms with Crippen molar-refractivity contribution < 1.29 is 10.2 Å². The van der Waals surface area contributed by atoms with Crippen LogP contribution in [0.3, 0.4) is 0 Å². The second-order valence-electron chi connectivity index (χ2n) is 7.77. The fourth-order valence-electron chi connectivity index (χ4n) is 5.64. The van der Waals surface area contributed by atoms with E-state index in [1.54, 1.807) is 0 Å². The molecule has 0 radical (unpaired) electrons. The molecule has 0 heterocycles. The first kappa shape index (κ1) is 14.4. The zero-order valence-corrected chi connectivity index (χ0v) is 12.6. The first-order valence-electron chi connectivity index (χ1n) is 8.37. The molecule has 2 heteroatoms. The molecule has 0 aliphatic heterocycles. The van der Waals surface area contributed by atoms with Crippen molar-refractivity contribution in [2.45, 2.75) is 70.5 Å². The van der Waals surface area contributed by atoms with Crippen molar-refractivity contribution in [2.75, 3.05) is 0 Å². The van der Waals surface area contributed by atoms with Crippen LogP contribution in [0, 0.1) is 41.4 Å². The van der Waals surface area contributed by atoms with Crippen LogP contribution in [0.1, 0.15) is 58.3 Å². The van der Waals surface area contributed by atoms with Crippen LogP contribution in [-0.2, 0) is 0 Å². The number of aliphatic hydroxyl groups excluding tert-OH is 2. The molecule has 0 aromatic rings. The van der Waals surface area contributed by atoms with E-state index in [0.29, 0.717) is 5.92 Å². The minimum atomic E-state index is -0.557. The van der Waals surface area contributed by atoms with Gasteiger partial charge in [-0.25, -0.2) is 0 Å². The molecule has 3 saturated carbocycles. The van der Waals surface area contributed by atoms with Gasteiger partial charge in [0.2, 0.25) is 0 Å². The van der Waals surface area contributed by atoms with Gasteiger partial charge >= 0.3 is 0 Å². The van der Waals surface area contributed by atoms with Crippen molar-refractivity contribution >= 4 is 0 Å². The van der Waals surface area contributed by atoms with E-state index < -0.39 is 6.10 Å². The Morgan fingerprint density at radius 3 is 2.80 bits per heavy atom. The van der Waals surface area contributed by atoms with Gasteiger partial charge in [-0.3, -0.25) is 0 Å². The Bertz CT molecular complexity index is 399. The Morgan fingerprint density at radius 1 is 1.25 bits per heavy atom. The molecule has 2 nitrogen and oxygen atoms in total. The molecule has 2 N–H and O–H groups in total. The number of hydrogen-bond donors (Lipinski definition) is 2. The van der Waals surface area contributed by atoms with E-state index >= 15 is 0 Å². The summed E-state index contributed by atoms with van der Waals surface area (Å²) in [5, 5.41) is 20.0. The average molecular weight is 276 g/mol. The van der Waals surface area contributed by atoms with E-state index in [2.05, 4.69) is 12.8 Å². The summed E-state index contributed by atoms with van der Waals surface area (Å²) in [6.45, 7) is 2.32. The summed E-state index contributed by atoms with van der Waals surface area (Å²) in [4.78, 5) is 0. The Hall–Kier alpha value is -0.520. The maximum Gasteiger partial charge on any atom is 0.114 e. The summed E-state index contributed by atoms with van der Waals surface area (Å²) in [5.41, 5.74) is 0.187. The molecule has 7 atom stereocenters. The van der Waals surface area contributed by atoms with Gasteiger partial charge in [-0.1, -0.05) is 19.3 Å². The number of hydrogen-bond acceptors (Lipinski definition) is 2. The van der Waals surface area contributed by atoms with E-state index in [4.69, 9.17) is 6.42 Å². The topological polar surface area (TPSA) is 40.5 Å². The van der Waals surface area contributed by atoms with Crippen LogP contribution in [0.15, 0.2) is 0 Å². The molecule has 0 bridgehead atoms. The Labute approximate surface area is 123 Å². The predicted molar refractivity (Wildman–Crippen MR) is 79.8 cm³/mol. The van der Waals surface area contributed by atoms with Crippen LogP contribution >= 0.6 is 0 Å². The maximum atomic E-state index is 10.3. The summed E-state index contributed by atoms with van der Waals surface area (Å²) < 4.78 is 0. The van der Waals surface area contributed by atoms with Crippen LogP contribution in [-0.4, -0.2) is 22.4 Å². The lowest BCUT2D eigenvalue weighted by Gasteiger charge is -2.51. The molecule has 3 aliphatic rings. The van der Waals surface area contributed by atoms with E-state index in [1.165, 1.54) is 38.5 Å². The highest BCUT2D eigenvalue weighted by Crippen LogP contribution is 2.59. The van der Waals surface area contributed by atoms with Gasteiger partial charge in [0.15, 0.2) is 0 Å². The van der Waals surface area contributed by atoms with Crippen LogP contribution in [0.2, 0.25) is 0 Å². The lowest BCUT2D eigenvalue weighted by atomic mass is 9.55. The average Bonchev–Trinajstić information content (AvgIpc) is 2.75. The molecule has 3 aliphatic carbocycles. The lowest BCUT2D eigenvalue weighted by molar-refractivity contribution is -0.0540. The maximum absolute atomic E-state index is 10.3. The van der Waals surface area contributed by atoms with Crippen LogP contribution < -0.4 is 0 Å². The highest BCUT2D eigenvalue weighted by molar-refractivity contribution is 5.04. The van der Waals surface area contributed by atoms with Gasteiger partial charge < -0.3 is 10.2 Å². The smallest absolute Gasteiger partial charge is 0.114 e. The molecule has 0 aromatic heterocycles. The minimum absolute atomic E-state index is 0.0746. The first-order valence-corrected chi connectivity index (χ1v) is 8.37. The van der Waals surface area contributed by atoms with Gasteiger partial charge in [0, 0.05) is 0 Å². The van der Waals surface area contributed by atoms with Crippen LogP contribution in [0.25, 0.3) is 0 Å². The number of terminal acetylenes is 1. The molecule has 1 unspecified atom stereocenters. The standard InChI is InChI=1S/C18H28O2/c1-3-14(19)11-12-4-5-15-13(10-12)8-9-18(2)16(15)6-7-17(18)20/h1,12-17,19-20H,4-11H2,2H3/t12-,13-,14?,15-,16+,17+,18+/m1/s1. The lowest BCUT2D eigenvalue weighted by Crippen LogP contribution is -2.45. The highest BCUT2D eigenvalue weighted by atomic mass is 16.3. The molecule has 20 heavy (non-hydrogen) atoms. The van der Waals surface area contributed by atoms with Crippen LogP contribution in [0.4, 0.5) is 0 Å². The number of rotatable bonds is 2. The SMILES string of the molecule is C#CC(O)C[C@@H]1CC[C@@H]2[C@H](CC[C@]3(C)[C@@H](O)CC[C@@H]23)C1. The largest absolute Gasteiger partial charge is 0.393 e. The van der Waals surface area contributed by atoms with Gasteiger partial charge in [0.1, 0.15) is 6.10 Å². The van der Waals surface area contributed by atoms with E-state index in [-0.39, 0.29) is 11.5 Å². The summed E-state index contributed by atoms with van der Waals surface area (Å²) in [7, 11) is 0. The molecule has 0 spiro atoms. The van der Waals surface area contributed by atoms with Gasteiger partial charge in [-0.2, -0.15) is 0 Å². The monoisotopic (exact) mass is 276 g/mol. The van der Waals surface area contributed by atoms with Crippen molar-refractivity contribution in [3.05, 3.63) is 0 Å². The van der Waals surface area contributed by atoms with Crippen molar-refractivity contribution in [3.63, 3.8) is 0 Å². The first-order chi connectivity index (χ1) is 9.54. The molecule has 0 amide bonds. The predicted octanol–water partition coefficient (Wildman–Crippen LogP) is 2.97. The summed E-state index contributed by atoms with van der Waals surface area (Å²) in [6.07, 6.45) is 13.8. The minimum Gasteiger partial charge on any atom is -0.393 e. The normalized spacial score (nSPS) is 49.0. The molecule has 3 fully saturated rings. The molecule has 0 aromatic carbocycles. The fourth-order valence-corrected chi connectivity index (χ4v) is 5.64. The van der Waals surface area contributed by atoms with Crippen molar-refractivity contribution in [2.24, 2.45) is 29.1 Å². The third-order valence-corrected chi connectivity index (χ3v) is 6.83. The van der Waals surface area contributed by atoms with E-state index in [0.717, 1.165) is 30.6 Å². The Balaban J connectivity index is 1.66. The summed E-state index contributed by atoms with van der Waals surface area (Å²) in [5.74, 6) is 5.41. The zero-order chi connectivity index (χ0) is 14.3. The summed E-state index contributed by atoms with van der Waals surface area (Å²) >= 11 is 0. The van der Waals surface area contributed by atoms with Crippen molar-refractivity contribution in [1.29, 1.82) is 0 Å². The Kier molecular flexibility index (Phi) is 3.86. The molecular weight excluding hydrogens is 248 g/mol. The molecule has 112 valence electrons. The molecular formula is C18H28O2. The van der Waals surface area contributed by atoms with E-state index in [9.17, 15) is 10.2 Å². The molecule has 0 saturated heterocycles. The highest BCUT2D eigenvalue weighted by Gasteiger charge is 2.54. The third-order valence-electron chi connectivity index (χ3n) is 6.83. The quantitative estimate of drug-likeness (QED) is 0.761. The number of fused-ring (bicyclic) bond motifs is 3. The second kappa shape index (κ2) is 5.35. The van der Waals surface area contributed by atoms with Gasteiger partial charge in [-0.15, -0.1) is 6.42 Å². The van der Waals surface area contributed by atoms with Crippen LogP contribution in [0.5, 0.6) is 0 Å². The van der Waals surface area contributed by atoms with Crippen molar-refractivity contribution in [1.82, 2.24) is 0 Å². The fraction of sp³-hybridized carbons (Fsp3) is 0.889. The summed E-state index contributed by atoms with van der Waals surface area (Å²) in [6, 6.07) is 0. The zero-order valence-electron chi connectivity index (χ0n) is 12.6. The second-order valence-corrected chi connectivity index (χ2v) is 7.77. The van der Waals surface area contributed by atoms with E-state index in [1.807, 2.05) is 0 Å². The van der Waals surface area contributed by atoms with Crippen molar-refractivity contribution in [3.8, 4) is 12.3 Å². The number of aliphatic hydroxyl groups is 2. The van der Waals surface area contributed by atoms with Gasteiger partial charge in [0.25, 0.3) is 0 Å². The molecule has 3 rings (SSSR count). The van der Waals surface area contributed by atoms with Gasteiger partial charge in [-0.05, 0) is 74.0 Å². The van der Waals surface area contributed by atoms with Gasteiger partial charge in [0.05, 0.1) is 6.10 Å². The Morgan fingerprint density at radius 2 is 2.05 bits per heavy atom.